The van der Waals surface area contributed by atoms with Gasteiger partial charge in [0.05, 0.1) is 6.61 Å². The largest absolute Gasteiger partial charge is 0.494 e. The van der Waals surface area contributed by atoms with Gasteiger partial charge in [0.25, 0.3) is 0 Å². The zero-order valence-corrected chi connectivity index (χ0v) is 11.1. The Morgan fingerprint density at radius 3 is 2.60 bits per heavy atom. The first-order chi connectivity index (χ1) is 9.79. The van der Waals surface area contributed by atoms with E-state index in [2.05, 4.69) is 0 Å². The number of hydrogen-bond donors (Lipinski definition) is 0. The molecule has 0 amide bonds. The van der Waals surface area contributed by atoms with E-state index in [0.29, 0.717) is 30.8 Å². The van der Waals surface area contributed by atoms with Crippen molar-refractivity contribution in [1.82, 2.24) is 0 Å². The summed E-state index contributed by atoms with van der Waals surface area (Å²) >= 11 is 0. The lowest BCUT2D eigenvalue weighted by atomic mass is 10.1. The third-order valence-corrected chi connectivity index (χ3v) is 2.91. The SMILES string of the molecule is O=Cc1cccc(OCCCC(=O)c2ccccc2)c1. The van der Waals surface area contributed by atoms with Crippen molar-refractivity contribution in [2.24, 2.45) is 0 Å². The second-order valence-electron chi connectivity index (χ2n) is 4.43. The Kier molecular flexibility index (Phi) is 5.07. The zero-order chi connectivity index (χ0) is 14.2. The molecule has 102 valence electrons. The second kappa shape index (κ2) is 7.24. The van der Waals surface area contributed by atoms with E-state index >= 15 is 0 Å². The summed E-state index contributed by atoms with van der Waals surface area (Å²) in [6.45, 7) is 0.459. The average Bonchev–Trinajstić information content (AvgIpc) is 2.52. The van der Waals surface area contributed by atoms with Gasteiger partial charge in [-0.2, -0.15) is 0 Å². The molecule has 0 aromatic heterocycles. The lowest BCUT2D eigenvalue weighted by Crippen LogP contribution is -2.03. The fourth-order valence-corrected chi connectivity index (χ4v) is 1.87. The number of aldehydes is 1. The summed E-state index contributed by atoms with van der Waals surface area (Å²) in [7, 11) is 0. The molecule has 0 aliphatic carbocycles. The van der Waals surface area contributed by atoms with E-state index in [9.17, 15) is 9.59 Å². The molecular weight excluding hydrogens is 252 g/mol. The highest BCUT2D eigenvalue weighted by Crippen LogP contribution is 2.13. The minimum atomic E-state index is 0.121. The molecule has 0 unspecified atom stereocenters. The zero-order valence-electron chi connectivity index (χ0n) is 11.1. The van der Waals surface area contributed by atoms with E-state index in [1.165, 1.54) is 0 Å². The number of Topliss-reactive ketones (excluding diaryl/α,β-unsaturated/α-hetero) is 1. The summed E-state index contributed by atoms with van der Waals surface area (Å²) in [4.78, 5) is 22.5. The minimum Gasteiger partial charge on any atom is -0.494 e. The molecule has 0 aliphatic heterocycles. The van der Waals surface area contributed by atoms with Crippen molar-refractivity contribution in [1.29, 1.82) is 0 Å². The first kappa shape index (κ1) is 14.0. The highest BCUT2D eigenvalue weighted by atomic mass is 16.5. The van der Waals surface area contributed by atoms with Gasteiger partial charge >= 0.3 is 0 Å². The van der Waals surface area contributed by atoms with Gasteiger partial charge in [-0.1, -0.05) is 42.5 Å². The first-order valence-corrected chi connectivity index (χ1v) is 6.56. The molecule has 0 atom stereocenters. The molecule has 2 aromatic carbocycles. The van der Waals surface area contributed by atoms with Crippen molar-refractivity contribution >= 4 is 12.1 Å². The van der Waals surface area contributed by atoms with Crippen LogP contribution in [0.15, 0.2) is 54.6 Å². The molecule has 0 heterocycles. The molecule has 0 bridgehead atoms. The highest BCUT2D eigenvalue weighted by molar-refractivity contribution is 5.95. The Bertz CT molecular complexity index is 576. The van der Waals surface area contributed by atoms with Gasteiger partial charge in [-0.05, 0) is 18.6 Å². The third-order valence-electron chi connectivity index (χ3n) is 2.91. The lowest BCUT2D eigenvalue weighted by Gasteiger charge is -2.06. The van der Waals surface area contributed by atoms with Crippen LogP contribution in [0.1, 0.15) is 33.6 Å². The van der Waals surface area contributed by atoms with Crippen LogP contribution >= 0.6 is 0 Å². The summed E-state index contributed by atoms with van der Waals surface area (Å²) in [6.07, 6.45) is 1.89. The van der Waals surface area contributed by atoms with Crippen LogP contribution in [0.5, 0.6) is 5.75 Å². The molecule has 0 aliphatic rings. The van der Waals surface area contributed by atoms with Gasteiger partial charge in [-0.3, -0.25) is 9.59 Å². The minimum absolute atomic E-state index is 0.121. The Hall–Kier alpha value is -2.42. The van der Waals surface area contributed by atoms with E-state index in [-0.39, 0.29) is 5.78 Å². The van der Waals surface area contributed by atoms with Gasteiger partial charge in [0, 0.05) is 17.5 Å². The molecule has 2 rings (SSSR count). The van der Waals surface area contributed by atoms with Gasteiger partial charge in [0.2, 0.25) is 0 Å². The molecule has 0 radical (unpaired) electrons. The summed E-state index contributed by atoms with van der Waals surface area (Å²) in [5.41, 5.74) is 1.32. The predicted molar refractivity (Wildman–Crippen MR) is 77.3 cm³/mol. The van der Waals surface area contributed by atoms with Crippen LogP contribution in [0.3, 0.4) is 0 Å². The van der Waals surface area contributed by atoms with Crippen molar-refractivity contribution in [2.45, 2.75) is 12.8 Å². The van der Waals surface area contributed by atoms with Crippen molar-refractivity contribution in [3.05, 3.63) is 65.7 Å². The summed E-state index contributed by atoms with van der Waals surface area (Å²) in [5, 5.41) is 0. The van der Waals surface area contributed by atoms with Crippen LogP contribution in [0.4, 0.5) is 0 Å². The maximum Gasteiger partial charge on any atom is 0.163 e. The molecule has 0 spiro atoms. The monoisotopic (exact) mass is 268 g/mol. The number of benzene rings is 2. The topological polar surface area (TPSA) is 43.4 Å². The molecule has 3 heteroatoms. The Morgan fingerprint density at radius 1 is 1.05 bits per heavy atom. The Labute approximate surface area is 118 Å². The molecule has 0 saturated carbocycles. The highest BCUT2D eigenvalue weighted by Gasteiger charge is 2.04. The van der Waals surface area contributed by atoms with Crippen molar-refractivity contribution in [2.75, 3.05) is 6.61 Å². The normalized spacial score (nSPS) is 10.0. The molecule has 0 N–H and O–H groups in total. The Balaban J connectivity index is 1.76. The van der Waals surface area contributed by atoms with Crippen molar-refractivity contribution in [3.8, 4) is 5.75 Å². The number of ketones is 1. The van der Waals surface area contributed by atoms with Gasteiger partial charge in [-0.25, -0.2) is 0 Å². The second-order valence-corrected chi connectivity index (χ2v) is 4.43. The average molecular weight is 268 g/mol. The van der Waals surface area contributed by atoms with E-state index in [4.69, 9.17) is 4.74 Å². The summed E-state index contributed by atoms with van der Waals surface area (Å²) in [5.74, 6) is 0.776. The van der Waals surface area contributed by atoms with Crippen LogP contribution in [-0.2, 0) is 0 Å². The summed E-state index contributed by atoms with van der Waals surface area (Å²) in [6, 6.07) is 16.2. The van der Waals surface area contributed by atoms with E-state index in [1.54, 1.807) is 24.3 Å². The van der Waals surface area contributed by atoms with Gasteiger partial charge in [-0.15, -0.1) is 0 Å². The first-order valence-electron chi connectivity index (χ1n) is 6.56. The number of carbonyl (C=O) groups excluding carboxylic acids is 2. The molecule has 3 nitrogen and oxygen atoms in total. The number of hydrogen-bond acceptors (Lipinski definition) is 3. The fraction of sp³-hybridized carbons (Fsp3) is 0.176. The Morgan fingerprint density at radius 2 is 1.85 bits per heavy atom. The number of rotatable bonds is 7. The van der Waals surface area contributed by atoms with E-state index in [1.807, 2.05) is 30.3 Å². The van der Waals surface area contributed by atoms with Gasteiger partial charge in [0.15, 0.2) is 5.78 Å². The lowest BCUT2D eigenvalue weighted by molar-refractivity contribution is 0.0973. The third kappa shape index (κ3) is 4.05. The molecule has 2 aromatic rings. The van der Waals surface area contributed by atoms with Crippen LogP contribution in [0.2, 0.25) is 0 Å². The van der Waals surface area contributed by atoms with Crippen LogP contribution < -0.4 is 4.74 Å². The molecular formula is C17H16O3. The number of carbonyl (C=O) groups is 2. The van der Waals surface area contributed by atoms with Crippen LogP contribution in [0, 0.1) is 0 Å². The maximum atomic E-state index is 11.9. The standard InChI is InChI=1S/C17H16O3/c18-13-14-6-4-9-16(12-14)20-11-5-10-17(19)15-7-2-1-3-8-15/h1-4,6-9,12-13H,5,10-11H2. The van der Waals surface area contributed by atoms with Crippen molar-refractivity contribution < 1.29 is 14.3 Å². The van der Waals surface area contributed by atoms with E-state index in [0.717, 1.165) is 11.8 Å². The van der Waals surface area contributed by atoms with Crippen LogP contribution in [0.25, 0.3) is 0 Å². The predicted octanol–water partition coefficient (Wildman–Crippen LogP) is 3.54. The van der Waals surface area contributed by atoms with Crippen LogP contribution in [-0.4, -0.2) is 18.7 Å². The fourth-order valence-electron chi connectivity index (χ4n) is 1.87. The molecule has 0 fully saturated rings. The molecule has 20 heavy (non-hydrogen) atoms. The van der Waals surface area contributed by atoms with Crippen molar-refractivity contribution in [3.63, 3.8) is 0 Å². The molecule has 0 saturated heterocycles. The van der Waals surface area contributed by atoms with Gasteiger partial charge < -0.3 is 4.74 Å². The summed E-state index contributed by atoms with van der Waals surface area (Å²) < 4.78 is 5.52. The number of ether oxygens (including phenoxy) is 1. The maximum absolute atomic E-state index is 11.9. The quantitative estimate of drug-likeness (QED) is 0.438. The van der Waals surface area contributed by atoms with E-state index < -0.39 is 0 Å². The van der Waals surface area contributed by atoms with Gasteiger partial charge in [0.1, 0.15) is 12.0 Å². The smallest absolute Gasteiger partial charge is 0.163 e.